The highest BCUT2D eigenvalue weighted by atomic mass is 35.7. The maximum Gasteiger partial charge on any atom is 0.297 e. The first-order chi connectivity index (χ1) is 6.07. The Morgan fingerprint density at radius 2 is 2.23 bits per heavy atom. The lowest BCUT2D eigenvalue weighted by Crippen LogP contribution is -2.08. The van der Waals surface area contributed by atoms with Gasteiger partial charge in [-0.1, -0.05) is 11.6 Å². The lowest BCUT2D eigenvalue weighted by molar-refractivity contribution is 0.320. The molecule has 0 aliphatic heterocycles. The molecule has 0 radical (unpaired) electrons. The topological polar surface area (TPSA) is 60.2 Å². The average molecular weight is 222 g/mol. The third-order valence-corrected chi connectivity index (χ3v) is 3.40. The molecule has 0 atom stereocenters. The summed E-state index contributed by atoms with van der Waals surface area (Å²) in [6, 6.07) is 1.41. The molecule has 0 aromatic carbocycles. The van der Waals surface area contributed by atoms with Gasteiger partial charge in [-0.3, -0.25) is 0 Å². The fraction of sp³-hybridized carbons (Fsp3) is 0.571. The largest absolute Gasteiger partial charge is 0.343 e. The minimum atomic E-state index is -3.76. The third kappa shape index (κ3) is 1.71. The Labute approximate surface area is 80.3 Å². The van der Waals surface area contributed by atoms with Crippen molar-refractivity contribution in [2.24, 2.45) is 0 Å². The van der Waals surface area contributed by atoms with Crippen LogP contribution >= 0.6 is 10.7 Å². The molecule has 1 aromatic rings. The summed E-state index contributed by atoms with van der Waals surface area (Å²) in [5.74, 6) is 0.357. The first-order valence-electron chi connectivity index (χ1n) is 3.98. The van der Waals surface area contributed by atoms with Gasteiger partial charge in [-0.05, 0) is 12.8 Å². The second kappa shape index (κ2) is 2.99. The lowest BCUT2D eigenvalue weighted by Gasteiger charge is -2.22. The Bertz CT molecular complexity index is 407. The maximum absolute atomic E-state index is 10.8. The molecule has 0 bridgehead atoms. The van der Waals surface area contributed by atoms with Gasteiger partial charge in [0.05, 0.1) is 5.69 Å². The van der Waals surface area contributed by atoms with E-state index < -0.39 is 9.05 Å². The van der Waals surface area contributed by atoms with Gasteiger partial charge in [0.15, 0.2) is 0 Å². The molecule has 1 aliphatic carbocycles. The van der Waals surface area contributed by atoms with E-state index in [9.17, 15) is 8.42 Å². The summed E-state index contributed by atoms with van der Waals surface area (Å²) in [6.07, 6.45) is 3.27. The van der Waals surface area contributed by atoms with Crippen LogP contribution in [-0.2, 0) is 9.05 Å². The highest BCUT2D eigenvalue weighted by molar-refractivity contribution is 8.13. The minimum Gasteiger partial charge on any atom is -0.343 e. The molecule has 1 aliphatic rings. The van der Waals surface area contributed by atoms with Crippen LogP contribution in [0.1, 0.15) is 30.9 Å². The van der Waals surface area contributed by atoms with Crippen LogP contribution in [0.2, 0.25) is 0 Å². The Balaban J connectivity index is 2.27. The molecule has 6 heteroatoms. The van der Waals surface area contributed by atoms with Gasteiger partial charge in [-0.25, -0.2) is 8.42 Å². The van der Waals surface area contributed by atoms with Gasteiger partial charge in [-0.2, -0.15) is 0 Å². The van der Waals surface area contributed by atoms with Crippen molar-refractivity contribution in [1.29, 1.82) is 0 Å². The summed E-state index contributed by atoms with van der Waals surface area (Å²) in [5, 5.41) is 3.41. The predicted octanol–water partition coefficient (Wildman–Crippen LogP) is 1.87. The van der Waals surface area contributed by atoms with E-state index in [2.05, 4.69) is 9.68 Å². The zero-order valence-corrected chi connectivity index (χ0v) is 8.31. The van der Waals surface area contributed by atoms with Crippen molar-refractivity contribution in [3.63, 3.8) is 0 Å². The van der Waals surface area contributed by atoms with Gasteiger partial charge in [-0.15, -0.1) is 0 Å². The van der Waals surface area contributed by atoms with Crippen molar-refractivity contribution in [1.82, 2.24) is 5.16 Å². The van der Waals surface area contributed by atoms with E-state index in [4.69, 9.17) is 10.7 Å². The van der Waals surface area contributed by atoms with Crippen LogP contribution in [0.4, 0.5) is 0 Å². The third-order valence-electron chi connectivity index (χ3n) is 2.27. The summed E-state index contributed by atoms with van der Waals surface area (Å²) in [6.45, 7) is 0. The summed E-state index contributed by atoms with van der Waals surface area (Å²) >= 11 is 0. The van der Waals surface area contributed by atoms with Gasteiger partial charge >= 0.3 is 0 Å². The molecular formula is C7H8ClNO3S. The van der Waals surface area contributed by atoms with Crippen molar-refractivity contribution < 1.29 is 12.9 Å². The normalized spacial score (nSPS) is 18.5. The minimum absolute atomic E-state index is 0.254. The molecule has 0 spiro atoms. The van der Waals surface area contributed by atoms with E-state index in [0.29, 0.717) is 11.6 Å². The van der Waals surface area contributed by atoms with Gasteiger partial charge in [0, 0.05) is 22.7 Å². The maximum atomic E-state index is 10.8. The zero-order valence-electron chi connectivity index (χ0n) is 6.73. The Morgan fingerprint density at radius 1 is 1.54 bits per heavy atom. The van der Waals surface area contributed by atoms with Crippen LogP contribution in [-0.4, -0.2) is 13.6 Å². The van der Waals surface area contributed by atoms with Crippen LogP contribution in [0.15, 0.2) is 15.7 Å². The van der Waals surface area contributed by atoms with Gasteiger partial charge in [0.2, 0.25) is 0 Å². The number of hydrogen-bond donors (Lipinski definition) is 0. The molecule has 1 aromatic heterocycles. The van der Waals surface area contributed by atoms with Crippen LogP contribution in [0.5, 0.6) is 0 Å². The van der Waals surface area contributed by atoms with E-state index in [-0.39, 0.29) is 5.09 Å². The molecule has 1 saturated carbocycles. The fourth-order valence-corrected chi connectivity index (χ4v) is 1.89. The smallest absolute Gasteiger partial charge is 0.297 e. The van der Waals surface area contributed by atoms with Gasteiger partial charge in [0.25, 0.3) is 14.1 Å². The van der Waals surface area contributed by atoms with Crippen molar-refractivity contribution in [2.45, 2.75) is 30.3 Å². The molecule has 0 unspecified atom stereocenters. The number of rotatable bonds is 2. The Hall–Kier alpha value is -0.550. The van der Waals surface area contributed by atoms with Crippen molar-refractivity contribution in [2.75, 3.05) is 0 Å². The van der Waals surface area contributed by atoms with Crippen molar-refractivity contribution in [3.05, 3.63) is 11.8 Å². The molecule has 0 saturated heterocycles. The van der Waals surface area contributed by atoms with Crippen LogP contribution in [0, 0.1) is 0 Å². The zero-order chi connectivity index (χ0) is 9.47. The van der Waals surface area contributed by atoms with Crippen LogP contribution in [0.3, 0.4) is 0 Å². The monoisotopic (exact) mass is 221 g/mol. The van der Waals surface area contributed by atoms with Gasteiger partial charge < -0.3 is 4.52 Å². The molecular weight excluding hydrogens is 214 g/mol. The highest BCUT2D eigenvalue weighted by Crippen LogP contribution is 2.36. The van der Waals surface area contributed by atoms with E-state index in [1.165, 1.54) is 12.5 Å². The summed E-state index contributed by atoms with van der Waals surface area (Å²) in [7, 11) is 1.32. The lowest BCUT2D eigenvalue weighted by atomic mass is 9.83. The molecule has 13 heavy (non-hydrogen) atoms. The summed E-state index contributed by atoms with van der Waals surface area (Å²) in [5.41, 5.74) is 0.700. The van der Waals surface area contributed by atoms with Crippen molar-refractivity contribution >= 4 is 19.7 Å². The highest BCUT2D eigenvalue weighted by Gasteiger charge is 2.25. The second-order valence-corrected chi connectivity index (χ2v) is 5.63. The quantitative estimate of drug-likeness (QED) is 0.716. The first-order valence-corrected chi connectivity index (χ1v) is 6.29. The summed E-state index contributed by atoms with van der Waals surface area (Å²) in [4.78, 5) is 0. The number of nitrogens with zero attached hydrogens (tertiary/aromatic N) is 1. The molecule has 0 N–H and O–H groups in total. The predicted molar refractivity (Wildman–Crippen MR) is 46.1 cm³/mol. The number of aromatic nitrogens is 1. The molecule has 2 rings (SSSR count). The Morgan fingerprint density at radius 3 is 2.62 bits per heavy atom. The van der Waals surface area contributed by atoms with Crippen molar-refractivity contribution in [3.8, 4) is 0 Å². The second-order valence-electron chi connectivity index (χ2n) is 3.14. The van der Waals surface area contributed by atoms with Crippen LogP contribution < -0.4 is 0 Å². The number of hydrogen-bond acceptors (Lipinski definition) is 4. The molecule has 1 heterocycles. The van der Waals surface area contributed by atoms with E-state index in [1.807, 2.05) is 0 Å². The molecule has 1 fully saturated rings. The van der Waals surface area contributed by atoms with Gasteiger partial charge in [0.1, 0.15) is 0 Å². The number of halogens is 1. The SMILES string of the molecule is O=S(=O)(Cl)c1cc(C2CCC2)no1. The molecule has 0 amide bonds. The average Bonchev–Trinajstić information content (AvgIpc) is 2.29. The van der Waals surface area contributed by atoms with E-state index >= 15 is 0 Å². The van der Waals surface area contributed by atoms with E-state index in [0.717, 1.165) is 12.8 Å². The molecule has 4 nitrogen and oxygen atoms in total. The first kappa shape index (κ1) is 9.02. The Kier molecular flexibility index (Phi) is 2.08. The fourth-order valence-electron chi connectivity index (χ4n) is 1.28. The van der Waals surface area contributed by atoms with E-state index in [1.54, 1.807) is 0 Å². The standard InChI is InChI=1S/C7H8ClNO3S/c8-13(10,11)7-4-6(9-12-7)5-2-1-3-5/h4-5H,1-3H2. The summed E-state index contributed by atoms with van der Waals surface area (Å²) < 4.78 is 26.2. The molecule has 72 valence electrons. The van der Waals surface area contributed by atoms with Crippen LogP contribution in [0.25, 0.3) is 0 Å².